The molecular weight excluding hydrogens is 274 g/mol. The van der Waals surface area contributed by atoms with Crippen LogP contribution in [0.25, 0.3) is 0 Å². The molecular formula is C14H17F4NO. The molecule has 1 aromatic carbocycles. The molecule has 0 bridgehead atoms. The van der Waals surface area contributed by atoms with Crippen LogP contribution in [0.3, 0.4) is 0 Å². The van der Waals surface area contributed by atoms with Gasteiger partial charge in [-0.05, 0) is 12.8 Å². The molecule has 0 aromatic heterocycles. The second-order valence-corrected chi connectivity index (χ2v) is 5.19. The Balaban J connectivity index is 2.32. The standard InChI is InChI=1S/C14H17F4NO/c1-3-14(4-2)9(19)6-10(14)20-13-11(17)7(15)5-8(16)12(13)18/h5,9-10H,3-4,6,19H2,1-2H3. The molecule has 0 radical (unpaired) electrons. The minimum absolute atomic E-state index is 0.146. The van der Waals surface area contributed by atoms with Crippen molar-refractivity contribution in [2.75, 3.05) is 0 Å². The first-order valence-corrected chi connectivity index (χ1v) is 6.62. The van der Waals surface area contributed by atoms with Crippen molar-refractivity contribution in [3.05, 3.63) is 29.3 Å². The second kappa shape index (κ2) is 5.24. The lowest BCUT2D eigenvalue weighted by Crippen LogP contribution is -2.63. The van der Waals surface area contributed by atoms with E-state index in [0.717, 1.165) is 0 Å². The maximum absolute atomic E-state index is 13.6. The zero-order chi connectivity index (χ0) is 15.1. The molecule has 1 aliphatic rings. The molecule has 1 aromatic rings. The van der Waals surface area contributed by atoms with Crippen LogP contribution in [0.5, 0.6) is 5.75 Å². The summed E-state index contributed by atoms with van der Waals surface area (Å²) in [7, 11) is 0. The summed E-state index contributed by atoms with van der Waals surface area (Å²) in [6.45, 7) is 3.80. The van der Waals surface area contributed by atoms with Gasteiger partial charge in [-0.3, -0.25) is 0 Å². The fourth-order valence-corrected chi connectivity index (χ4v) is 2.97. The summed E-state index contributed by atoms with van der Waals surface area (Å²) < 4.78 is 58.7. The minimum atomic E-state index is -1.51. The van der Waals surface area contributed by atoms with Crippen LogP contribution >= 0.6 is 0 Å². The fourth-order valence-electron chi connectivity index (χ4n) is 2.97. The lowest BCUT2D eigenvalue weighted by Gasteiger charge is -2.53. The van der Waals surface area contributed by atoms with Crippen molar-refractivity contribution in [1.82, 2.24) is 0 Å². The van der Waals surface area contributed by atoms with Crippen molar-refractivity contribution in [1.29, 1.82) is 0 Å². The first-order valence-electron chi connectivity index (χ1n) is 6.62. The van der Waals surface area contributed by atoms with E-state index in [1.165, 1.54) is 0 Å². The monoisotopic (exact) mass is 291 g/mol. The lowest BCUT2D eigenvalue weighted by molar-refractivity contribution is -0.0758. The van der Waals surface area contributed by atoms with Crippen LogP contribution in [0.15, 0.2) is 6.07 Å². The van der Waals surface area contributed by atoms with Crippen molar-refractivity contribution >= 4 is 0 Å². The van der Waals surface area contributed by atoms with Crippen molar-refractivity contribution < 1.29 is 22.3 Å². The maximum atomic E-state index is 13.6. The van der Waals surface area contributed by atoms with Crippen LogP contribution in [-0.4, -0.2) is 12.1 Å². The molecule has 2 rings (SSSR count). The molecule has 2 N–H and O–H groups in total. The zero-order valence-corrected chi connectivity index (χ0v) is 11.4. The maximum Gasteiger partial charge on any atom is 0.203 e. The van der Waals surface area contributed by atoms with Gasteiger partial charge in [0.1, 0.15) is 6.10 Å². The average Bonchev–Trinajstić information content (AvgIpc) is 2.41. The normalized spacial score (nSPS) is 24.4. The van der Waals surface area contributed by atoms with E-state index in [1.54, 1.807) is 0 Å². The predicted octanol–water partition coefficient (Wildman–Crippen LogP) is 3.53. The number of rotatable bonds is 4. The van der Waals surface area contributed by atoms with E-state index in [4.69, 9.17) is 10.5 Å². The van der Waals surface area contributed by atoms with Gasteiger partial charge in [-0.1, -0.05) is 13.8 Å². The lowest BCUT2D eigenvalue weighted by atomic mass is 9.59. The third-order valence-corrected chi connectivity index (χ3v) is 4.50. The first-order chi connectivity index (χ1) is 9.37. The van der Waals surface area contributed by atoms with Gasteiger partial charge < -0.3 is 10.5 Å². The third-order valence-electron chi connectivity index (χ3n) is 4.50. The number of ether oxygens (including phenoxy) is 1. The van der Waals surface area contributed by atoms with Gasteiger partial charge in [-0.15, -0.1) is 0 Å². The first kappa shape index (κ1) is 15.1. The molecule has 2 unspecified atom stereocenters. The van der Waals surface area contributed by atoms with Gasteiger partial charge >= 0.3 is 0 Å². The van der Waals surface area contributed by atoms with E-state index in [1.807, 2.05) is 13.8 Å². The zero-order valence-electron chi connectivity index (χ0n) is 11.4. The summed E-state index contributed by atoms with van der Waals surface area (Å²) in [6.07, 6.45) is 1.18. The second-order valence-electron chi connectivity index (χ2n) is 5.19. The quantitative estimate of drug-likeness (QED) is 0.680. The number of hydrogen-bond donors (Lipinski definition) is 1. The number of benzene rings is 1. The Hall–Kier alpha value is -1.30. The van der Waals surface area contributed by atoms with E-state index < -0.39 is 40.5 Å². The molecule has 0 saturated heterocycles. The Morgan fingerprint density at radius 2 is 1.65 bits per heavy atom. The Kier molecular flexibility index (Phi) is 3.95. The Morgan fingerprint density at radius 1 is 1.15 bits per heavy atom. The Bertz CT molecular complexity index is 490. The molecule has 2 atom stereocenters. The van der Waals surface area contributed by atoms with Gasteiger partial charge in [0.25, 0.3) is 0 Å². The highest BCUT2D eigenvalue weighted by atomic mass is 19.2. The molecule has 20 heavy (non-hydrogen) atoms. The van der Waals surface area contributed by atoms with Crippen molar-refractivity contribution in [3.63, 3.8) is 0 Å². The van der Waals surface area contributed by atoms with Crippen LogP contribution < -0.4 is 10.5 Å². The van der Waals surface area contributed by atoms with Gasteiger partial charge in [-0.2, -0.15) is 8.78 Å². The molecule has 1 aliphatic carbocycles. The molecule has 1 fully saturated rings. The predicted molar refractivity (Wildman–Crippen MR) is 66.3 cm³/mol. The molecule has 6 heteroatoms. The average molecular weight is 291 g/mol. The van der Waals surface area contributed by atoms with Crippen LogP contribution in [0.1, 0.15) is 33.1 Å². The summed E-state index contributed by atoms with van der Waals surface area (Å²) in [5.41, 5.74) is 5.53. The van der Waals surface area contributed by atoms with Crippen LogP contribution in [0.4, 0.5) is 17.6 Å². The van der Waals surface area contributed by atoms with Gasteiger partial charge in [0.15, 0.2) is 17.4 Å². The SMILES string of the molecule is CCC1(CC)C(N)CC1Oc1c(F)c(F)cc(F)c1F. The highest BCUT2D eigenvalue weighted by Crippen LogP contribution is 2.48. The van der Waals surface area contributed by atoms with E-state index >= 15 is 0 Å². The third kappa shape index (κ3) is 2.06. The summed E-state index contributed by atoms with van der Waals surface area (Å²) in [4.78, 5) is 0. The van der Waals surface area contributed by atoms with Crippen molar-refractivity contribution in [3.8, 4) is 5.75 Å². The molecule has 1 saturated carbocycles. The summed E-state index contributed by atoms with van der Waals surface area (Å²) in [5, 5.41) is 0. The van der Waals surface area contributed by atoms with E-state index in [9.17, 15) is 17.6 Å². The molecule has 0 spiro atoms. The topological polar surface area (TPSA) is 35.2 Å². The highest BCUT2D eigenvalue weighted by Gasteiger charge is 2.53. The van der Waals surface area contributed by atoms with E-state index in [0.29, 0.717) is 19.3 Å². The molecule has 0 aliphatic heterocycles. The fraction of sp³-hybridized carbons (Fsp3) is 0.571. The van der Waals surface area contributed by atoms with E-state index in [2.05, 4.69) is 0 Å². The number of hydrogen-bond acceptors (Lipinski definition) is 2. The summed E-state index contributed by atoms with van der Waals surface area (Å²) in [6, 6.07) is 0.0173. The van der Waals surface area contributed by atoms with Crippen LogP contribution in [0, 0.1) is 28.7 Å². The molecule has 0 heterocycles. The van der Waals surface area contributed by atoms with Gasteiger partial charge in [0.2, 0.25) is 11.6 Å². The van der Waals surface area contributed by atoms with Crippen molar-refractivity contribution in [2.24, 2.45) is 11.1 Å². The molecule has 112 valence electrons. The summed E-state index contributed by atoms with van der Waals surface area (Å²) in [5.74, 6) is -6.95. The van der Waals surface area contributed by atoms with Crippen molar-refractivity contribution in [2.45, 2.75) is 45.3 Å². The molecule has 0 amide bonds. The summed E-state index contributed by atoms with van der Waals surface area (Å²) >= 11 is 0. The Labute approximate surface area is 114 Å². The van der Waals surface area contributed by atoms with Gasteiger partial charge in [0, 0.05) is 23.9 Å². The van der Waals surface area contributed by atoms with Gasteiger partial charge in [0.05, 0.1) is 0 Å². The van der Waals surface area contributed by atoms with Gasteiger partial charge in [-0.25, -0.2) is 8.78 Å². The van der Waals surface area contributed by atoms with E-state index in [-0.39, 0.29) is 12.1 Å². The van der Waals surface area contributed by atoms with Crippen LogP contribution in [0.2, 0.25) is 0 Å². The highest BCUT2D eigenvalue weighted by molar-refractivity contribution is 5.29. The smallest absolute Gasteiger partial charge is 0.203 e. The minimum Gasteiger partial charge on any atom is -0.484 e. The van der Waals surface area contributed by atoms with Crippen LogP contribution in [-0.2, 0) is 0 Å². The number of halogens is 4. The molecule has 2 nitrogen and oxygen atoms in total. The number of nitrogens with two attached hydrogens (primary N) is 1. The largest absolute Gasteiger partial charge is 0.484 e. The Morgan fingerprint density at radius 3 is 2.05 bits per heavy atom.